The van der Waals surface area contributed by atoms with E-state index in [4.69, 9.17) is 17.3 Å². The van der Waals surface area contributed by atoms with Gasteiger partial charge in [0.2, 0.25) is 0 Å². The van der Waals surface area contributed by atoms with Crippen LogP contribution in [0.1, 0.15) is 18.4 Å². The fourth-order valence-corrected chi connectivity index (χ4v) is 4.03. The molecule has 0 saturated carbocycles. The molecule has 0 atom stereocenters. The van der Waals surface area contributed by atoms with Crippen LogP contribution in [0.25, 0.3) is 6.08 Å². The first-order valence-electron chi connectivity index (χ1n) is 6.74. The van der Waals surface area contributed by atoms with Gasteiger partial charge in [0.25, 0.3) is 16.0 Å². The number of carboxylic acids is 1. The number of carbonyl (C=O) groups excluding carboxylic acids is 1. The van der Waals surface area contributed by atoms with E-state index in [1.807, 2.05) is 0 Å². The molecule has 24 heavy (non-hydrogen) atoms. The average molecular weight is 387 g/mol. The third-order valence-electron chi connectivity index (χ3n) is 3.13. The number of hydrogen-bond acceptors (Lipinski definition) is 6. The minimum absolute atomic E-state index is 0.0816. The van der Waals surface area contributed by atoms with Gasteiger partial charge in [-0.05, 0) is 24.1 Å². The maximum Gasteiger partial charge on any atom is 0.303 e. The minimum Gasteiger partial charge on any atom is -0.481 e. The van der Waals surface area contributed by atoms with E-state index in [-0.39, 0.29) is 39.1 Å². The van der Waals surface area contributed by atoms with Crippen molar-refractivity contribution < 1.29 is 27.7 Å². The first-order chi connectivity index (χ1) is 11.2. The van der Waals surface area contributed by atoms with Crippen LogP contribution in [-0.2, 0) is 19.7 Å². The van der Waals surface area contributed by atoms with Crippen LogP contribution in [-0.4, -0.2) is 45.7 Å². The summed E-state index contributed by atoms with van der Waals surface area (Å²) in [6.07, 6.45) is 1.53. The van der Waals surface area contributed by atoms with Crippen LogP contribution in [0.4, 0.5) is 0 Å². The van der Waals surface area contributed by atoms with E-state index in [2.05, 4.69) is 0 Å². The number of amides is 1. The highest BCUT2D eigenvalue weighted by atomic mass is 32.2. The largest absolute Gasteiger partial charge is 0.481 e. The van der Waals surface area contributed by atoms with Gasteiger partial charge in [0.15, 0.2) is 0 Å². The third kappa shape index (κ3) is 4.41. The van der Waals surface area contributed by atoms with Crippen LogP contribution in [0.3, 0.4) is 0 Å². The second-order valence-corrected chi connectivity index (χ2v) is 7.91. The van der Waals surface area contributed by atoms with E-state index >= 15 is 0 Å². The molecule has 0 aromatic heterocycles. The Morgan fingerprint density at radius 2 is 2.00 bits per heavy atom. The van der Waals surface area contributed by atoms with E-state index in [9.17, 15) is 22.6 Å². The van der Waals surface area contributed by atoms with E-state index < -0.39 is 22.0 Å². The molecule has 1 aromatic rings. The van der Waals surface area contributed by atoms with Crippen molar-refractivity contribution in [3.8, 4) is 0 Å². The minimum atomic E-state index is -4.42. The lowest BCUT2D eigenvalue weighted by atomic mass is 10.2. The normalized spacial score (nSPS) is 16.9. The van der Waals surface area contributed by atoms with Gasteiger partial charge in [-0.3, -0.25) is 19.0 Å². The molecule has 2 rings (SSSR count). The van der Waals surface area contributed by atoms with Gasteiger partial charge in [-0.25, -0.2) is 0 Å². The summed E-state index contributed by atoms with van der Waals surface area (Å²) >= 11 is 6.11. The molecule has 0 aliphatic carbocycles. The summed E-state index contributed by atoms with van der Waals surface area (Å²) < 4.78 is 32.3. The number of carbonyl (C=O) groups is 2. The van der Waals surface area contributed by atoms with Gasteiger partial charge in [0, 0.05) is 13.0 Å². The Kier molecular flexibility index (Phi) is 5.75. The average Bonchev–Trinajstić information content (AvgIpc) is 2.74. The number of benzene rings is 1. The van der Waals surface area contributed by atoms with E-state index in [0.717, 1.165) is 11.8 Å². The zero-order valence-electron chi connectivity index (χ0n) is 12.2. The van der Waals surface area contributed by atoms with Gasteiger partial charge < -0.3 is 5.11 Å². The lowest BCUT2D eigenvalue weighted by Crippen LogP contribution is -2.29. The molecule has 1 aromatic carbocycles. The summed E-state index contributed by atoms with van der Waals surface area (Å²) in [5, 5.41) is 8.64. The number of aliphatic carboxylic acids is 1. The molecule has 1 amide bonds. The summed E-state index contributed by atoms with van der Waals surface area (Å²) in [7, 11) is -4.42. The summed E-state index contributed by atoms with van der Waals surface area (Å²) in [5.41, 5.74) is 0.172. The topological polar surface area (TPSA) is 112 Å². The zero-order chi connectivity index (χ0) is 17.9. The maximum atomic E-state index is 12.3. The molecule has 0 bridgehead atoms. The number of rotatable bonds is 6. The van der Waals surface area contributed by atoms with Gasteiger partial charge in [0.05, 0.1) is 4.91 Å². The third-order valence-corrected chi connectivity index (χ3v) is 5.43. The molecular weight excluding hydrogens is 374 g/mol. The smallest absolute Gasteiger partial charge is 0.303 e. The molecule has 1 fully saturated rings. The van der Waals surface area contributed by atoms with Crippen molar-refractivity contribution in [3.05, 3.63) is 34.7 Å². The fourth-order valence-electron chi connectivity index (χ4n) is 2.06. The highest BCUT2D eigenvalue weighted by molar-refractivity contribution is 8.26. The molecule has 10 heteroatoms. The van der Waals surface area contributed by atoms with Crippen molar-refractivity contribution in [2.24, 2.45) is 0 Å². The van der Waals surface area contributed by atoms with Crippen molar-refractivity contribution in [1.29, 1.82) is 0 Å². The molecule has 7 nitrogen and oxygen atoms in total. The molecule has 0 radical (unpaired) electrons. The van der Waals surface area contributed by atoms with Crippen LogP contribution in [0, 0.1) is 0 Å². The summed E-state index contributed by atoms with van der Waals surface area (Å²) in [4.78, 5) is 24.1. The second-order valence-electron chi connectivity index (χ2n) is 4.84. The molecule has 0 spiro atoms. The predicted octanol–water partition coefficient (Wildman–Crippen LogP) is 2.00. The van der Waals surface area contributed by atoms with Gasteiger partial charge in [-0.1, -0.05) is 42.2 Å². The molecule has 1 heterocycles. The zero-order valence-corrected chi connectivity index (χ0v) is 14.7. The quantitative estimate of drug-likeness (QED) is 0.433. The van der Waals surface area contributed by atoms with Crippen molar-refractivity contribution in [2.75, 3.05) is 6.54 Å². The van der Waals surface area contributed by atoms with Crippen molar-refractivity contribution in [1.82, 2.24) is 4.90 Å². The standard InChI is InChI=1S/C14H13NO6S3/c16-12(17)6-3-7-15-13(18)10(23-14(15)22)8-9-4-1-2-5-11(9)24(19,20)21/h1-2,4-5,8H,3,6-7H2,(H,16,17)(H,19,20,21). The van der Waals surface area contributed by atoms with Gasteiger partial charge in [0.1, 0.15) is 9.22 Å². The van der Waals surface area contributed by atoms with E-state index in [1.54, 1.807) is 6.07 Å². The fraction of sp³-hybridized carbons (Fsp3) is 0.214. The SMILES string of the molecule is O=C(O)CCCN1C(=O)C(=Cc2ccccc2S(=O)(=O)O)SC1=S. The lowest BCUT2D eigenvalue weighted by molar-refractivity contribution is -0.137. The first-order valence-corrected chi connectivity index (χ1v) is 9.40. The molecule has 128 valence electrons. The number of thioether (sulfide) groups is 1. The monoisotopic (exact) mass is 387 g/mol. The number of nitrogens with zero attached hydrogens (tertiary/aromatic N) is 1. The van der Waals surface area contributed by atoms with Gasteiger partial charge in [-0.2, -0.15) is 8.42 Å². The Balaban J connectivity index is 2.25. The van der Waals surface area contributed by atoms with Gasteiger partial charge in [-0.15, -0.1) is 0 Å². The van der Waals surface area contributed by atoms with Crippen molar-refractivity contribution in [2.45, 2.75) is 17.7 Å². The van der Waals surface area contributed by atoms with Crippen LogP contribution in [0.2, 0.25) is 0 Å². The molecule has 2 N–H and O–H groups in total. The predicted molar refractivity (Wildman–Crippen MR) is 93.0 cm³/mol. The molecule has 1 aliphatic heterocycles. The van der Waals surface area contributed by atoms with Crippen molar-refractivity contribution in [3.63, 3.8) is 0 Å². The first kappa shape index (κ1) is 18.6. The van der Waals surface area contributed by atoms with Crippen LogP contribution in [0.5, 0.6) is 0 Å². The maximum absolute atomic E-state index is 12.3. The number of thiocarbonyl (C=S) groups is 1. The Labute approximate surface area is 148 Å². The van der Waals surface area contributed by atoms with Crippen LogP contribution in [0.15, 0.2) is 34.1 Å². The number of hydrogen-bond donors (Lipinski definition) is 2. The van der Waals surface area contributed by atoms with Gasteiger partial charge >= 0.3 is 5.97 Å². The van der Waals surface area contributed by atoms with Crippen molar-refractivity contribution >= 4 is 56.4 Å². The summed E-state index contributed by atoms with van der Waals surface area (Å²) in [6.45, 7) is 0.175. The number of carboxylic acid groups (broad SMARTS) is 1. The summed E-state index contributed by atoms with van der Waals surface area (Å²) in [6, 6.07) is 5.72. The van der Waals surface area contributed by atoms with E-state index in [1.165, 1.54) is 29.2 Å². The van der Waals surface area contributed by atoms with Crippen LogP contribution < -0.4 is 0 Å². The molecule has 0 unspecified atom stereocenters. The summed E-state index contributed by atoms with van der Waals surface area (Å²) in [5.74, 6) is -1.38. The Hall–Kier alpha value is -1.75. The van der Waals surface area contributed by atoms with Crippen LogP contribution >= 0.6 is 24.0 Å². The molecule has 1 aliphatic rings. The molecular formula is C14H13NO6S3. The molecule has 1 saturated heterocycles. The lowest BCUT2D eigenvalue weighted by Gasteiger charge is -2.13. The highest BCUT2D eigenvalue weighted by Gasteiger charge is 2.32. The second kappa shape index (κ2) is 7.43. The Morgan fingerprint density at radius 3 is 2.62 bits per heavy atom. The highest BCUT2D eigenvalue weighted by Crippen LogP contribution is 2.33. The van der Waals surface area contributed by atoms with E-state index in [0.29, 0.717) is 0 Å². The Morgan fingerprint density at radius 1 is 1.33 bits per heavy atom. The Bertz CT molecular complexity index is 831.